The Kier molecular flexibility index (Phi) is 4.28. The van der Waals surface area contributed by atoms with Crippen LogP contribution in [0.25, 0.3) is 0 Å². The highest BCUT2D eigenvalue weighted by Gasteiger charge is 2.41. The Hall–Kier alpha value is -1.55. The molecule has 21 heavy (non-hydrogen) atoms. The zero-order valence-corrected chi connectivity index (χ0v) is 13.7. The molecular weight excluding hydrogens is 262 g/mol. The molecule has 0 aromatic heterocycles. The fourth-order valence-electron chi connectivity index (χ4n) is 3.73. The quantitative estimate of drug-likeness (QED) is 0.511. The van der Waals surface area contributed by atoms with Gasteiger partial charge < -0.3 is 4.90 Å². The summed E-state index contributed by atoms with van der Waals surface area (Å²) in [5, 5.41) is 0. The zero-order chi connectivity index (χ0) is 15.8. The lowest BCUT2D eigenvalue weighted by molar-refractivity contribution is -0.122. The van der Waals surface area contributed by atoms with Crippen LogP contribution >= 0.6 is 0 Å². The van der Waals surface area contributed by atoms with E-state index in [2.05, 4.69) is 56.2 Å². The zero-order valence-electron chi connectivity index (χ0n) is 13.7. The van der Waals surface area contributed by atoms with Crippen LogP contribution in [-0.4, -0.2) is 17.5 Å². The molecule has 0 spiro atoms. The van der Waals surface area contributed by atoms with Gasteiger partial charge in [-0.3, -0.25) is 10.2 Å². The number of carbonyl (C=O) groups excluding carboxylic acids is 1. The molecule has 0 fully saturated rings. The highest BCUT2D eigenvalue weighted by atomic mass is 16.2. The molecule has 2 rings (SSSR count). The van der Waals surface area contributed by atoms with E-state index in [4.69, 9.17) is 5.84 Å². The molecule has 116 valence electrons. The van der Waals surface area contributed by atoms with Crippen molar-refractivity contribution in [3.8, 4) is 0 Å². The minimum Gasteiger partial charge on any atom is -0.354 e. The fourth-order valence-corrected chi connectivity index (χ4v) is 3.73. The van der Waals surface area contributed by atoms with Gasteiger partial charge in [-0.1, -0.05) is 26.0 Å². The summed E-state index contributed by atoms with van der Waals surface area (Å²) < 4.78 is 0. The number of carbonyl (C=O) groups is 1. The Morgan fingerprint density at radius 3 is 2.76 bits per heavy atom. The lowest BCUT2D eigenvalue weighted by Gasteiger charge is -2.50. The van der Waals surface area contributed by atoms with E-state index in [1.807, 2.05) is 6.92 Å². The summed E-state index contributed by atoms with van der Waals surface area (Å²) in [4.78, 5) is 14.5. The van der Waals surface area contributed by atoms with E-state index in [1.54, 1.807) is 0 Å². The average molecular weight is 289 g/mol. The molecule has 0 saturated heterocycles. The number of fused-ring (bicyclic) bond motifs is 1. The van der Waals surface area contributed by atoms with E-state index in [0.29, 0.717) is 5.92 Å². The first-order chi connectivity index (χ1) is 9.81. The van der Waals surface area contributed by atoms with Crippen LogP contribution in [0.15, 0.2) is 18.2 Å². The van der Waals surface area contributed by atoms with Crippen molar-refractivity contribution in [1.29, 1.82) is 0 Å². The molecule has 2 unspecified atom stereocenters. The summed E-state index contributed by atoms with van der Waals surface area (Å²) in [5.74, 6) is 5.77. The van der Waals surface area contributed by atoms with Gasteiger partial charge in [-0.05, 0) is 56.7 Å². The number of nitrogens with one attached hydrogen (secondary N) is 1. The number of hydrogen-bond donors (Lipinski definition) is 2. The SMILES string of the molecule is CCC(C(=O)NN)N1c2cc(C)ccc2C(C)CC1(C)C. The summed E-state index contributed by atoms with van der Waals surface area (Å²) in [6.07, 6.45) is 1.76. The van der Waals surface area contributed by atoms with Crippen molar-refractivity contribution in [3.63, 3.8) is 0 Å². The summed E-state index contributed by atoms with van der Waals surface area (Å²) >= 11 is 0. The maximum Gasteiger partial charge on any atom is 0.256 e. The molecule has 1 aliphatic heterocycles. The Balaban J connectivity index is 2.59. The first-order valence-electron chi connectivity index (χ1n) is 7.72. The number of rotatable bonds is 3. The van der Waals surface area contributed by atoms with Crippen molar-refractivity contribution < 1.29 is 4.79 Å². The lowest BCUT2D eigenvalue weighted by Crippen LogP contribution is -2.59. The van der Waals surface area contributed by atoms with Crippen LogP contribution in [0, 0.1) is 6.92 Å². The van der Waals surface area contributed by atoms with E-state index in [1.165, 1.54) is 16.8 Å². The van der Waals surface area contributed by atoms with Gasteiger partial charge in [0.25, 0.3) is 5.91 Å². The lowest BCUT2D eigenvalue weighted by atomic mass is 9.78. The molecule has 0 saturated carbocycles. The summed E-state index contributed by atoms with van der Waals surface area (Å²) in [6, 6.07) is 6.30. The minimum absolute atomic E-state index is 0.0760. The maximum atomic E-state index is 12.2. The maximum absolute atomic E-state index is 12.2. The molecule has 1 heterocycles. The number of benzene rings is 1. The van der Waals surface area contributed by atoms with Crippen molar-refractivity contribution in [2.45, 2.75) is 65.0 Å². The second-order valence-electron chi connectivity index (χ2n) is 6.78. The third-order valence-corrected chi connectivity index (χ3v) is 4.58. The van der Waals surface area contributed by atoms with Crippen LogP contribution in [0.1, 0.15) is 57.6 Å². The number of aryl methyl sites for hydroxylation is 1. The Labute approximate surface area is 127 Å². The van der Waals surface area contributed by atoms with E-state index in [9.17, 15) is 4.79 Å². The highest BCUT2D eigenvalue weighted by molar-refractivity contribution is 5.86. The number of nitrogens with zero attached hydrogens (tertiary/aromatic N) is 1. The van der Waals surface area contributed by atoms with Crippen LogP contribution < -0.4 is 16.2 Å². The van der Waals surface area contributed by atoms with Gasteiger partial charge in [-0.25, -0.2) is 5.84 Å². The number of nitrogens with two attached hydrogens (primary N) is 1. The molecule has 1 aliphatic rings. The van der Waals surface area contributed by atoms with Gasteiger partial charge in [-0.2, -0.15) is 0 Å². The van der Waals surface area contributed by atoms with Crippen LogP contribution in [0.4, 0.5) is 5.69 Å². The molecular formula is C17H27N3O. The highest BCUT2D eigenvalue weighted by Crippen LogP contribution is 2.45. The fraction of sp³-hybridized carbons (Fsp3) is 0.588. The van der Waals surface area contributed by atoms with E-state index in [-0.39, 0.29) is 17.5 Å². The Morgan fingerprint density at radius 1 is 1.52 bits per heavy atom. The minimum atomic E-state index is -0.238. The molecule has 3 N–H and O–H groups in total. The molecule has 0 aliphatic carbocycles. The molecule has 0 radical (unpaired) electrons. The second-order valence-corrected chi connectivity index (χ2v) is 6.78. The van der Waals surface area contributed by atoms with Crippen LogP contribution in [0.2, 0.25) is 0 Å². The summed E-state index contributed by atoms with van der Waals surface area (Å²) in [6.45, 7) is 10.8. The van der Waals surface area contributed by atoms with Crippen molar-refractivity contribution in [3.05, 3.63) is 29.3 Å². The molecule has 4 heteroatoms. The number of hydrazine groups is 1. The van der Waals surface area contributed by atoms with Gasteiger partial charge >= 0.3 is 0 Å². The largest absolute Gasteiger partial charge is 0.354 e. The molecule has 0 bridgehead atoms. The number of amides is 1. The smallest absolute Gasteiger partial charge is 0.256 e. The molecule has 4 nitrogen and oxygen atoms in total. The van der Waals surface area contributed by atoms with Gasteiger partial charge in [0.15, 0.2) is 0 Å². The van der Waals surface area contributed by atoms with Crippen LogP contribution in [-0.2, 0) is 4.79 Å². The van der Waals surface area contributed by atoms with Gasteiger partial charge in [0.2, 0.25) is 0 Å². The van der Waals surface area contributed by atoms with Gasteiger partial charge in [0, 0.05) is 11.2 Å². The van der Waals surface area contributed by atoms with E-state index < -0.39 is 0 Å². The molecule has 1 aromatic carbocycles. The van der Waals surface area contributed by atoms with Crippen molar-refractivity contribution >= 4 is 11.6 Å². The van der Waals surface area contributed by atoms with E-state index in [0.717, 1.165) is 12.8 Å². The van der Waals surface area contributed by atoms with Crippen LogP contribution in [0.5, 0.6) is 0 Å². The summed E-state index contributed by atoms with van der Waals surface area (Å²) in [7, 11) is 0. The average Bonchev–Trinajstić information content (AvgIpc) is 2.41. The van der Waals surface area contributed by atoms with Crippen LogP contribution in [0.3, 0.4) is 0 Å². The Bertz CT molecular complexity index is 539. The second kappa shape index (κ2) is 5.68. The van der Waals surface area contributed by atoms with Crippen molar-refractivity contribution in [2.75, 3.05) is 4.90 Å². The van der Waals surface area contributed by atoms with Crippen molar-refractivity contribution in [2.24, 2.45) is 5.84 Å². The number of anilines is 1. The topological polar surface area (TPSA) is 58.4 Å². The van der Waals surface area contributed by atoms with E-state index >= 15 is 0 Å². The molecule has 2 atom stereocenters. The molecule has 1 aromatic rings. The summed E-state index contributed by atoms with van der Waals surface area (Å²) in [5.41, 5.74) is 5.96. The van der Waals surface area contributed by atoms with Gasteiger partial charge in [0.1, 0.15) is 6.04 Å². The van der Waals surface area contributed by atoms with Crippen molar-refractivity contribution in [1.82, 2.24) is 5.43 Å². The number of hydrogen-bond acceptors (Lipinski definition) is 3. The monoisotopic (exact) mass is 289 g/mol. The first kappa shape index (κ1) is 15.8. The van der Waals surface area contributed by atoms with Gasteiger partial charge in [-0.15, -0.1) is 0 Å². The third kappa shape index (κ3) is 2.77. The predicted octanol–water partition coefficient (Wildman–Crippen LogP) is 2.86. The standard InChI is InChI=1S/C17H27N3O/c1-6-14(16(21)19-18)20-15-9-11(2)7-8-13(15)12(3)10-17(20,4)5/h7-9,12,14H,6,10,18H2,1-5H3,(H,19,21). The third-order valence-electron chi connectivity index (χ3n) is 4.58. The Morgan fingerprint density at radius 2 is 2.19 bits per heavy atom. The first-order valence-corrected chi connectivity index (χ1v) is 7.72. The normalized spacial score (nSPS) is 21.6. The molecule has 1 amide bonds. The predicted molar refractivity (Wildman–Crippen MR) is 87.2 cm³/mol. The van der Waals surface area contributed by atoms with Gasteiger partial charge in [0.05, 0.1) is 0 Å².